The predicted octanol–water partition coefficient (Wildman–Crippen LogP) is 2.98. The fourth-order valence-corrected chi connectivity index (χ4v) is 2.34. The van der Waals surface area contributed by atoms with Crippen LogP contribution in [0.15, 0.2) is 34.9 Å². The molecule has 1 unspecified atom stereocenters. The molecule has 100 valence electrons. The first-order valence-electron chi connectivity index (χ1n) is 5.51. The fourth-order valence-electron chi connectivity index (χ4n) is 1.75. The van der Waals surface area contributed by atoms with E-state index < -0.39 is 17.7 Å². The van der Waals surface area contributed by atoms with Crippen LogP contribution < -0.4 is 5.73 Å². The number of hydrogen-bond acceptors (Lipinski definition) is 3. The van der Waals surface area contributed by atoms with Crippen molar-refractivity contribution in [3.63, 3.8) is 0 Å². The Morgan fingerprint density at radius 2 is 2.05 bits per heavy atom. The maximum Gasteiger partial charge on any atom is 0.173 e. The number of anilines is 1. The topological polar surface area (TPSA) is 59.1 Å². The third kappa shape index (κ3) is 3.08. The van der Waals surface area contributed by atoms with E-state index in [2.05, 4.69) is 20.9 Å². The Morgan fingerprint density at radius 3 is 2.74 bits per heavy atom. The van der Waals surface area contributed by atoms with Gasteiger partial charge >= 0.3 is 0 Å². The maximum atomic E-state index is 13.4. The van der Waals surface area contributed by atoms with Crippen LogP contribution in [0.25, 0.3) is 0 Å². The van der Waals surface area contributed by atoms with E-state index in [1.807, 2.05) is 0 Å². The van der Waals surface area contributed by atoms with Crippen LogP contribution in [0.2, 0.25) is 0 Å². The Balaban J connectivity index is 2.25. The molecule has 0 spiro atoms. The van der Waals surface area contributed by atoms with Gasteiger partial charge in [-0.3, -0.25) is 0 Å². The van der Waals surface area contributed by atoms with E-state index >= 15 is 0 Å². The van der Waals surface area contributed by atoms with E-state index in [0.717, 1.165) is 11.6 Å². The molecule has 1 aromatic heterocycles. The number of rotatable bonds is 3. The summed E-state index contributed by atoms with van der Waals surface area (Å²) in [6.45, 7) is 0. The second-order valence-corrected chi connectivity index (χ2v) is 4.87. The number of hydrogen-bond donors (Lipinski definition) is 2. The summed E-state index contributed by atoms with van der Waals surface area (Å²) in [5, 5.41) is 10.1. The Bertz CT molecular complexity index is 607. The highest BCUT2D eigenvalue weighted by Crippen LogP contribution is 2.29. The molecule has 6 heteroatoms. The minimum atomic E-state index is -1.01. The monoisotopic (exact) mass is 328 g/mol. The molecule has 0 saturated carbocycles. The van der Waals surface area contributed by atoms with Gasteiger partial charge in [0.05, 0.1) is 10.6 Å². The van der Waals surface area contributed by atoms with Crippen molar-refractivity contribution >= 4 is 21.7 Å². The average Bonchev–Trinajstić information content (AvgIpc) is 2.36. The molecule has 0 aliphatic rings. The molecular formula is C13H11BrF2N2O. The molecule has 0 fully saturated rings. The minimum absolute atomic E-state index is 0.0676. The van der Waals surface area contributed by atoms with E-state index in [1.165, 1.54) is 12.3 Å². The molecule has 1 heterocycles. The number of halogens is 3. The molecule has 0 aliphatic carbocycles. The Morgan fingerprint density at radius 1 is 1.32 bits per heavy atom. The van der Waals surface area contributed by atoms with Crippen molar-refractivity contribution in [3.8, 4) is 0 Å². The van der Waals surface area contributed by atoms with Crippen LogP contribution in [0.4, 0.5) is 14.6 Å². The summed E-state index contributed by atoms with van der Waals surface area (Å²) in [4.78, 5) is 3.84. The van der Waals surface area contributed by atoms with Gasteiger partial charge in [-0.25, -0.2) is 13.8 Å². The number of aromatic nitrogens is 1. The molecule has 3 N–H and O–H groups in total. The lowest BCUT2D eigenvalue weighted by atomic mass is 10.0. The first-order chi connectivity index (χ1) is 8.99. The van der Waals surface area contributed by atoms with Gasteiger partial charge in [-0.1, -0.05) is 6.07 Å². The van der Waals surface area contributed by atoms with Gasteiger partial charge < -0.3 is 10.8 Å². The summed E-state index contributed by atoms with van der Waals surface area (Å²) >= 11 is 2.95. The molecule has 0 aliphatic heterocycles. The van der Waals surface area contributed by atoms with Crippen molar-refractivity contribution in [1.82, 2.24) is 4.98 Å². The number of aliphatic hydroxyl groups is 1. The number of benzene rings is 1. The van der Waals surface area contributed by atoms with Gasteiger partial charge in [0.2, 0.25) is 0 Å². The van der Waals surface area contributed by atoms with Gasteiger partial charge in [0.15, 0.2) is 11.6 Å². The molecule has 2 rings (SSSR count). The molecule has 0 radical (unpaired) electrons. The molecule has 1 aromatic carbocycles. The number of aliphatic hydroxyl groups excluding tert-OH is 1. The van der Waals surface area contributed by atoms with Crippen molar-refractivity contribution < 1.29 is 13.9 Å². The Kier molecular flexibility index (Phi) is 4.11. The summed E-state index contributed by atoms with van der Waals surface area (Å²) < 4.78 is 26.3. The first kappa shape index (κ1) is 13.9. The lowest BCUT2D eigenvalue weighted by Crippen LogP contribution is -2.05. The van der Waals surface area contributed by atoms with Gasteiger partial charge in [0, 0.05) is 12.6 Å². The smallest absolute Gasteiger partial charge is 0.173 e. The zero-order valence-corrected chi connectivity index (χ0v) is 11.4. The van der Waals surface area contributed by atoms with E-state index in [0.29, 0.717) is 5.82 Å². The Hall–Kier alpha value is -1.53. The van der Waals surface area contributed by atoms with Gasteiger partial charge in [-0.2, -0.15) is 0 Å². The molecule has 2 aromatic rings. The molecule has 19 heavy (non-hydrogen) atoms. The molecule has 3 nitrogen and oxygen atoms in total. The van der Waals surface area contributed by atoms with Crippen molar-refractivity contribution in [2.24, 2.45) is 0 Å². The second-order valence-electron chi connectivity index (χ2n) is 4.07. The van der Waals surface area contributed by atoms with Crippen LogP contribution in [0, 0.1) is 11.6 Å². The second kappa shape index (κ2) is 5.63. The van der Waals surface area contributed by atoms with Crippen LogP contribution in [-0.2, 0) is 6.42 Å². The van der Waals surface area contributed by atoms with Crippen LogP contribution in [-0.4, -0.2) is 10.1 Å². The van der Waals surface area contributed by atoms with E-state index in [1.54, 1.807) is 12.1 Å². The number of nitrogens with two attached hydrogens (primary N) is 1. The Labute approximate surface area is 117 Å². The van der Waals surface area contributed by atoms with Gasteiger partial charge in [-0.15, -0.1) is 0 Å². The first-order valence-corrected chi connectivity index (χ1v) is 6.30. The zero-order valence-electron chi connectivity index (χ0n) is 9.78. The quantitative estimate of drug-likeness (QED) is 0.851. The molecule has 1 atom stereocenters. The maximum absolute atomic E-state index is 13.4. The van der Waals surface area contributed by atoms with Gasteiger partial charge in [-0.05, 0) is 45.3 Å². The number of nitrogens with zero attached hydrogens (tertiary/aromatic N) is 1. The van der Waals surface area contributed by atoms with Gasteiger partial charge in [0.25, 0.3) is 0 Å². The summed E-state index contributed by atoms with van der Waals surface area (Å²) in [5.74, 6) is -1.63. The highest BCUT2D eigenvalue weighted by Gasteiger charge is 2.17. The normalized spacial score (nSPS) is 12.4. The van der Waals surface area contributed by atoms with E-state index in [-0.39, 0.29) is 16.5 Å². The number of pyridine rings is 1. The molecule has 0 bridgehead atoms. The van der Waals surface area contributed by atoms with Crippen LogP contribution in [0.1, 0.15) is 17.2 Å². The minimum Gasteiger partial charge on any atom is -0.388 e. The third-order valence-corrected chi connectivity index (χ3v) is 3.50. The van der Waals surface area contributed by atoms with Crippen LogP contribution in [0.3, 0.4) is 0 Å². The summed E-state index contributed by atoms with van der Waals surface area (Å²) in [6.07, 6.45) is 0.792. The highest BCUT2D eigenvalue weighted by molar-refractivity contribution is 9.10. The SMILES string of the molecule is Nc1cc(CC(O)c2ccc(F)c(F)c2Br)ccn1. The fraction of sp³-hybridized carbons (Fsp3) is 0.154. The molecule has 0 saturated heterocycles. The third-order valence-electron chi connectivity index (χ3n) is 2.70. The lowest BCUT2D eigenvalue weighted by molar-refractivity contribution is 0.177. The lowest BCUT2D eigenvalue weighted by Gasteiger charge is -2.13. The van der Waals surface area contributed by atoms with Crippen molar-refractivity contribution in [3.05, 3.63) is 57.7 Å². The highest BCUT2D eigenvalue weighted by atomic mass is 79.9. The van der Waals surface area contributed by atoms with Crippen molar-refractivity contribution in [2.45, 2.75) is 12.5 Å². The summed E-state index contributed by atoms with van der Waals surface area (Å²) in [6, 6.07) is 5.65. The standard InChI is InChI=1S/C13H11BrF2N2O/c14-12-8(1-2-9(15)13(12)16)10(19)5-7-3-4-18-11(17)6-7/h1-4,6,10,19H,5H2,(H2,17,18). The van der Waals surface area contributed by atoms with E-state index in [4.69, 9.17) is 5.73 Å². The largest absolute Gasteiger partial charge is 0.388 e. The van der Waals surface area contributed by atoms with E-state index in [9.17, 15) is 13.9 Å². The zero-order chi connectivity index (χ0) is 14.0. The predicted molar refractivity (Wildman–Crippen MR) is 71.4 cm³/mol. The summed E-state index contributed by atoms with van der Waals surface area (Å²) in [5.41, 5.74) is 6.58. The average molecular weight is 329 g/mol. The van der Waals surface area contributed by atoms with Gasteiger partial charge in [0.1, 0.15) is 5.82 Å². The number of nitrogen functional groups attached to an aromatic ring is 1. The van der Waals surface area contributed by atoms with Crippen LogP contribution >= 0.6 is 15.9 Å². The summed E-state index contributed by atoms with van der Waals surface area (Å²) in [7, 11) is 0. The molecular weight excluding hydrogens is 318 g/mol. The van der Waals surface area contributed by atoms with Crippen molar-refractivity contribution in [2.75, 3.05) is 5.73 Å². The van der Waals surface area contributed by atoms with Crippen LogP contribution in [0.5, 0.6) is 0 Å². The molecule has 0 amide bonds. The van der Waals surface area contributed by atoms with Crippen molar-refractivity contribution in [1.29, 1.82) is 0 Å².